The van der Waals surface area contributed by atoms with Crippen LogP contribution in [-0.2, 0) is 23.4 Å². The fourth-order valence-corrected chi connectivity index (χ4v) is 4.43. The van der Waals surface area contributed by atoms with Crippen molar-refractivity contribution in [3.05, 3.63) is 93.2 Å². The van der Waals surface area contributed by atoms with Crippen LogP contribution < -0.4 is 4.74 Å². The number of nitrogens with zero attached hydrogens (tertiary/aromatic N) is 1. The molecule has 3 aromatic rings. The Labute approximate surface area is 210 Å². The van der Waals surface area contributed by atoms with Crippen molar-refractivity contribution in [3.8, 4) is 5.75 Å². The van der Waals surface area contributed by atoms with Crippen LogP contribution in [0.1, 0.15) is 35.1 Å². The quantitative estimate of drug-likeness (QED) is 0.287. The molecule has 0 radical (unpaired) electrons. The number of aliphatic hydroxyl groups excluding tert-OH is 1. The van der Waals surface area contributed by atoms with Crippen molar-refractivity contribution in [2.45, 2.75) is 50.0 Å². The number of pyridine rings is 1. The van der Waals surface area contributed by atoms with Crippen LogP contribution in [0.15, 0.2) is 60.8 Å². The molecule has 1 aliphatic heterocycles. The Morgan fingerprint density at radius 3 is 2.29 bits per heavy atom. The molecule has 1 saturated heterocycles. The normalized spacial score (nSPS) is 20.2. The lowest BCUT2D eigenvalue weighted by molar-refractivity contribution is -0.274. The number of rotatable bonds is 8. The average Bonchev–Trinajstić information content (AvgIpc) is 3.51. The van der Waals surface area contributed by atoms with E-state index in [1.165, 1.54) is 25.1 Å². The molecule has 1 aromatic heterocycles. The predicted molar refractivity (Wildman–Crippen MR) is 124 cm³/mol. The molecular weight excluding hydrogens is 506 g/mol. The standard InChI is InChI=1S/C25H22Cl2F3NO4/c1-14(24(33,25(28,29)30)17-8-9-31-22(27)11-17)19-7-6-18(12-20(19)26)34-13-16-4-2-15(3-5-16)10-21-23(32)35-21/h2-9,11-12,14,21,23,32-33H,10,13H2,1H3/t14-,21?,23?,24-/m1/s1. The van der Waals surface area contributed by atoms with Crippen molar-refractivity contribution in [1.82, 2.24) is 4.98 Å². The van der Waals surface area contributed by atoms with Gasteiger partial charge >= 0.3 is 6.18 Å². The van der Waals surface area contributed by atoms with E-state index in [1.54, 1.807) is 0 Å². The van der Waals surface area contributed by atoms with Crippen molar-refractivity contribution < 1.29 is 32.9 Å². The topological polar surface area (TPSA) is 75.1 Å². The molecule has 10 heteroatoms. The monoisotopic (exact) mass is 527 g/mol. The van der Waals surface area contributed by atoms with E-state index in [0.717, 1.165) is 29.5 Å². The highest BCUT2D eigenvalue weighted by Crippen LogP contribution is 2.50. The summed E-state index contributed by atoms with van der Waals surface area (Å²) >= 11 is 12.1. The summed E-state index contributed by atoms with van der Waals surface area (Å²) in [6.45, 7) is 1.47. The van der Waals surface area contributed by atoms with E-state index in [1.807, 2.05) is 24.3 Å². The molecule has 0 spiro atoms. The van der Waals surface area contributed by atoms with Gasteiger partial charge in [0.25, 0.3) is 0 Å². The van der Waals surface area contributed by atoms with Gasteiger partial charge in [-0.3, -0.25) is 0 Å². The zero-order valence-corrected chi connectivity index (χ0v) is 20.0. The van der Waals surface area contributed by atoms with Gasteiger partial charge < -0.3 is 19.7 Å². The van der Waals surface area contributed by atoms with Crippen LogP contribution in [0.25, 0.3) is 0 Å². The van der Waals surface area contributed by atoms with Crippen molar-refractivity contribution in [2.75, 3.05) is 0 Å². The molecule has 1 fully saturated rings. The highest BCUT2D eigenvalue weighted by atomic mass is 35.5. The van der Waals surface area contributed by atoms with Crippen LogP contribution in [0.5, 0.6) is 5.75 Å². The minimum atomic E-state index is -5.01. The largest absolute Gasteiger partial charge is 0.489 e. The first-order chi connectivity index (χ1) is 16.5. The molecule has 2 unspecified atom stereocenters. The van der Waals surface area contributed by atoms with E-state index in [9.17, 15) is 23.4 Å². The number of epoxide rings is 1. The first-order valence-electron chi connectivity index (χ1n) is 10.7. The van der Waals surface area contributed by atoms with E-state index in [-0.39, 0.29) is 28.5 Å². The highest BCUT2D eigenvalue weighted by Gasteiger charge is 2.59. The van der Waals surface area contributed by atoms with E-state index in [0.29, 0.717) is 12.2 Å². The van der Waals surface area contributed by atoms with Gasteiger partial charge in [0.2, 0.25) is 0 Å². The molecule has 4 atom stereocenters. The van der Waals surface area contributed by atoms with E-state index < -0.39 is 29.5 Å². The predicted octanol–water partition coefficient (Wildman–Crippen LogP) is 5.78. The Morgan fingerprint density at radius 1 is 1.06 bits per heavy atom. The minimum Gasteiger partial charge on any atom is -0.489 e. The van der Waals surface area contributed by atoms with Crippen molar-refractivity contribution in [1.29, 1.82) is 0 Å². The van der Waals surface area contributed by atoms with Gasteiger partial charge in [0.15, 0.2) is 11.9 Å². The second kappa shape index (κ2) is 9.95. The number of hydrogen-bond acceptors (Lipinski definition) is 5. The van der Waals surface area contributed by atoms with Crippen LogP contribution in [0.4, 0.5) is 13.2 Å². The van der Waals surface area contributed by atoms with Crippen molar-refractivity contribution >= 4 is 23.2 Å². The molecular formula is C25H22Cl2F3NO4. The van der Waals surface area contributed by atoms with Crippen LogP contribution in [0, 0.1) is 0 Å². The Morgan fingerprint density at radius 2 is 1.71 bits per heavy atom. The average molecular weight is 528 g/mol. The molecule has 35 heavy (non-hydrogen) atoms. The van der Waals surface area contributed by atoms with Crippen LogP contribution in [-0.4, -0.2) is 33.8 Å². The van der Waals surface area contributed by atoms with Crippen LogP contribution in [0.3, 0.4) is 0 Å². The third kappa shape index (κ3) is 5.57. The summed E-state index contributed by atoms with van der Waals surface area (Å²) in [6.07, 6.45) is -4.14. The number of benzene rings is 2. The zero-order valence-electron chi connectivity index (χ0n) is 18.5. The third-order valence-electron chi connectivity index (χ3n) is 6.08. The fraction of sp³-hybridized carbons (Fsp3) is 0.320. The van der Waals surface area contributed by atoms with E-state index in [2.05, 4.69) is 4.98 Å². The number of hydrogen-bond donors (Lipinski definition) is 2. The molecule has 5 nitrogen and oxygen atoms in total. The number of aromatic nitrogens is 1. The second-order valence-electron chi connectivity index (χ2n) is 8.41. The van der Waals surface area contributed by atoms with Crippen molar-refractivity contribution in [2.24, 2.45) is 0 Å². The fourth-order valence-electron chi connectivity index (χ4n) is 3.93. The summed E-state index contributed by atoms with van der Waals surface area (Å²) in [7, 11) is 0. The van der Waals surface area contributed by atoms with Gasteiger partial charge in [-0.05, 0) is 46.5 Å². The second-order valence-corrected chi connectivity index (χ2v) is 9.21. The summed E-state index contributed by atoms with van der Waals surface area (Å²) < 4.78 is 53.0. The SMILES string of the molecule is C[C@H](c1ccc(OCc2ccc(CC3OC3O)cc2)cc1Cl)[C@@](O)(c1ccnc(Cl)c1)C(F)(F)F. The lowest BCUT2D eigenvalue weighted by atomic mass is 9.78. The van der Waals surface area contributed by atoms with Crippen LogP contribution >= 0.6 is 23.2 Å². The number of alkyl halides is 3. The molecule has 0 saturated carbocycles. The summed E-state index contributed by atoms with van der Waals surface area (Å²) in [6, 6.07) is 14.0. The Balaban J connectivity index is 1.48. The molecule has 1 aliphatic rings. The van der Waals surface area contributed by atoms with Crippen molar-refractivity contribution in [3.63, 3.8) is 0 Å². The zero-order chi connectivity index (χ0) is 25.4. The third-order valence-corrected chi connectivity index (χ3v) is 6.62. The lowest BCUT2D eigenvalue weighted by Gasteiger charge is -2.37. The maximum Gasteiger partial charge on any atom is 0.422 e. The van der Waals surface area contributed by atoms with Gasteiger partial charge in [-0.25, -0.2) is 4.98 Å². The first-order valence-corrected chi connectivity index (χ1v) is 11.5. The summed E-state index contributed by atoms with van der Waals surface area (Å²) in [5.74, 6) is -1.09. The highest BCUT2D eigenvalue weighted by molar-refractivity contribution is 6.31. The van der Waals surface area contributed by atoms with Crippen LogP contribution in [0.2, 0.25) is 10.2 Å². The maximum absolute atomic E-state index is 14.1. The molecule has 186 valence electrons. The Bertz CT molecular complexity index is 1190. The summed E-state index contributed by atoms with van der Waals surface area (Å²) in [5, 5.41) is 20.0. The van der Waals surface area contributed by atoms with Gasteiger partial charge in [-0.15, -0.1) is 0 Å². The summed E-state index contributed by atoms with van der Waals surface area (Å²) in [4.78, 5) is 3.69. The molecule has 2 aromatic carbocycles. The number of ether oxygens (including phenoxy) is 2. The molecule has 0 bridgehead atoms. The molecule has 0 amide bonds. The lowest BCUT2D eigenvalue weighted by Crippen LogP contribution is -2.46. The molecule has 4 rings (SSSR count). The van der Waals surface area contributed by atoms with Gasteiger partial charge in [-0.1, -0.05) is 60.5 Å². The van der Waals surface area contributed by atoms with Gasteiger partial charge in [0.05, 0.1) is 0 Å². The number of halogens is 5. The minimum absolute atomic E-state index is 0.0242. The Hall–Kier alpha value is -2.36. The smallest absolute Gasteiger partial charge is 0.422 e. The van der Waals surface area contributed by atoms with Gasteiger partial charge in [-0.2, -0.15) is 13.2 Å². The number of aliphatic hydroxyl groups is 2. The first kappa shape index (κ1) is 25.7. The molecule has 0 aliphatic carbocycles. The molecule has 2 N–H and O–H groups in total. The van der Waals surface area contributed by atoms with E-state index >= 15 is 0 Å². The maximum atomic E-state index is 14.1. The molecule has 2 heterocycles. The van der Waals surface area contributed by atoms with E-state index in [4.69, 9.17) is 32.7 Å². The summed E-state index contributed by atoms with van der Waals surface area (Å²) in [5.41, 5.74) is -1.68. The van der Waals surface area contributed by atoms with Gasteiger partial charge in [0.1, 0.15) is 23.6 Å². The Kier molecular flexibility index (Phi) is 7.31. The van der Waals surface area contributed by atoms with Gasteiger partial charge in [0, 0.05) is 23.6 Å².